The van der Waals surface area contributed by atoms with Gasteiger partial charge in [0.1, 0.15) is 23.5 Å². The molecule has 2 heterocycles. The molecule has 1 aromatic heterocycles. The van der Waals surface area contributed by atoms with Crippen LogP contribution in [0.5, 0.6) is 11.6 Å². The second-order valence-corrected chi connectivity index (χ2v) is 5.53. The fourth-order valence-corrected chi connectivity index (χ4v) is 2.68. The van der Waals surface area contributed by atoms with E-state index in [1.165, 1.54) is 7.11 Å². The summed E-state index contributed by atoms with van der Waals surface area (Å²) in [4.78, 5) is 16.6. The van der Waals surface area contributed by atoms with Gasteiger partial charge in [0.2, 0.25) is 5.88 Å². The summed E-state index contributed by atoms with van der Waals surface area (Å²) in [5, 5.41) is 12.7. The van der Waals surface area contributed by atoms with Gasteiger partial charge in [0, 0.05) is 12.6 Å². The van der Waals surface area contributed by atoms with Crippen LogP contribution >= 0.6 is 0 Å². The van der Waals surface area contributed by atoms with Crippen LogP contribution in [0.2, 0.25) is 0 Å². The topological polar surface area (TPSA) is 80.7 Å². The van der Waals surface area contributed by atoms with E-state index in [1.807, 2.05) is 24.3 Å². The molecule has 0 fully saturated rings. The molecular weight excluding hydrogens is 296 g/mol. The summed E-state index contributed by atoms with van der Waals surface area (Å²) in [5.41, 5.74) is 0.402. The summed E-state index contributed by atoms with van der Waals surface area (Å²) in [6.45, 7) is -0.0233. The van der Waals surface area contributed by atoms with Crippen LogP contribution in [0.1, 0.15) is 15.9 Å². The largest absolute Gasteiger partial charge is 0.491 e. The standard InChI is InChI=1S/C17H18N2O4/c1-22-16-13(6-4-8-18-16)15(21)19-17(10-20)9-12-5-2-3-7-14(12)23-11-17/h2-8,20H,9-11H2,1H3,(H,19,21). The SMILES string of the molecule is COc1ncccc1C(=O)NC1(CO)COc2ccccc2C1. The number of carbonyl (C=O) groups excluding carboxylic acids is 1. The Balaban J connectivity index is 1.84. The number of benzene rings is 1. The first-order chi connectivity index (χ1) is 11.2. The maximum Gasteiger partial charge on any atom is 0.257 e. The normalized spacial score (nSPS) is 19.4. The smallest absolute Gasteiger partial charge is 0.257 e. The number of fused-ring (bicyclic) bond motifs is 1. The number of methoxy groups -OCH3 is 1. The maximum atomic E-state index is 12.6. The van der Waals surface area contributed by atoms with Crippen molar-refractivity contribution in [2.24, 2.45) is 0 Å². The van der Waals surface area contributed by atoms with Crippen molar-refractivity contribution in [3.8, 4) is 11.6 Å². The quantitative estimate of drug-likeness (QED) is 0.886. The minimum atomic E-state index is -0.869. The molecule has 1 aromatic carbocycles. The zero-order chi connectivity index (χ0) is 16.3. The summed E-state index contributed by atoms with van der Waals surface area (Å²) in [6.07, 6.45) is 2.05. The number of pyridine rings is 1. The van der Waals surface area contributed by atoms with Crippen LogP contribution in [0.15, 0.2) is 42.6 Å². The fraction of sp³-hybridized carbons (Fsp3) is 0.294. The average Bonchev–Trinajstić information content (AvgIpc) is 2.61. The second kappa shape index (κ2) is 6.26. The third-order valence-corrected chi connectivity index (χ3v) is 3.90. The minimum absolute atomic E-state index is 0.203. The zero-order valence-corrected chi connectivity index (χ0v) is 12.8. The molecule has 1 amide bonds. The summed E-state index contributed by atoms with van der Waals surface area (Å²) in [6, 6.07) is 10.9. The predicted octanol–water partition coefficient (Wildman–Crippen LogP) is 1.19. The lowest BCUT2D eigenvalue weighted by Gasteiger charge is -2.37. The number of aliphatic hydroxyl groups is 1. The Morgan fingerprint density at radius 2 is 2.22 bits per heavy atom. The monoisotopic (exact) mass is 314 g/mol. The van der Waals surface area contributed by atoms with Gasteiger partial charge in [-0.15, -0.1) is 0 Å². The summed E-state index contributed by atoms with van der Waals surface area (Å²) in [5.74, 6) is 0.673. The molecule has 0 saturated heterocycles. The minimum Gasteiger partial charge on any atom is -0.491 e. The van der Waals surface area contributed by atoms with Crippen molar-refractivity contribution in [1.29, 1.82) is 0 Å². The van der Waals surface area contributed by atoms with Gasteiger partial charge in [0.25, 0.3) is 5.91 Å². The van der Waals surface area contributed by atoms with Crippen LogP contribution in [0.4, 0.5) is 0 Å². The highest BCUT2D eigenvalue weighted by Crippen LogP contribution is 2.29. The van der Waals surface area contributed by atoms with Gasteiger partial charge >= 0.3 is 0 Å². The number of nitrogens with zero attached hydrogens (tertiary/aromatic N) is 1. The number of rotatable bonds is 4. The van der Waals surface area contributed by atoms with E-state index in [9.17, 15) is 9.90 Å². The van der Waals surface area contributed by atoms with E-state index in [2.05, 4.69) is 10.3 Å². The lowest BCUT2D eigenvalue weighted by atomic mass is 9.89. The first-order valence-corrected chi connectivity index (χ1v) is 7.30. The van der Waals surface area contributed by atoms with Crippen LogP contribution in [0.3, 0.4) is 0 Å². The Morgan fingerprint density at radius 3 is 3.00 bits per heavy atom. The molecule has 1 aliphatic rings. The molecule has 0 aliphatic carbocycles. The maximum absolute atomic E-state index is 12.6. The number of hydrogen-bond donors (Lipinski definition) is 2. The van der Waals surface area contributed by atoms with E-state index < -0.39 is 5.54 Å². The molecule has 120 valence electrons. The lowest BCUT2D eigenvalue weighted by molar-refractivity contribution is 0.0651. The molecule has 1 aliphatic heterocycles. The molecule has 1 unspecified atom stereocenters. The Labute approximate surface area is 134 Å². The van der Waals surface area contributed by atoms with Crippen LogP contribution < -0.4 is 14.8 Å². The highest BCUT2D eigenvalue weighted by atomic mass is 16.5. The number of aromatic nitrogens is 1. The Hall–Kier alpha value is -2.60. The number of ether oxygens (including phenoxy) is 2. The van der Waals surface area contributed by atoms with Crippen molar-refractivity contribution in [3.05, 3.63) is 53.7 Å². The molecule has 3 rings (SSSR count). The number of amides is 1. The Morgan fingerprint density at radius 1 is 1.39 bits per heavy atom. The summed E-state index contributed by atoms with van der Waals surface area (Å²) >= 11 is 0. The van der Waals surface area contributed by atoms with Crippen molar-refractivity contribution >= 4 is 5.91 Å². The highest BCUT2D eigenvalue weighted by Gasteiger charge is 2.37. The molecule has 0 radical (unpaired) electrons. The molecule has 0 spiro atoms. The van der Waals surface area contributed by atoms with E-state index in [0.29, 0.717) is 12.0 Å². The molecule has 1 atom stereocenters. The van der Waals surface area contributed by atoms with Crippen LogP contribution in [-0.4, -0.2) is 41.9 Å². The number of para-hydroxylation sites is 1. The van der Waals surface area contributed by atoms with Crippen molar-refractivity contribution in [3.63, 3.8) is 0 Å². The van der Waals surface area contributed by atoms with Crippen molar-refractivity contribution in [1.82, 2.24) is 10.3 Å². The molecule has 6 nitrogen and oxygen atoms in total. The van der Waals surface area contributed by atoms with Crippen molar-refractivity contribution in [2.45, 2.75) is 12.0 Å². The van der Waals surface area contributed by atoms with E-state index in [0.717, 1.165) is 11.3 Å². The predicted molar refractivity (Wildman–Crippen MR) is 83.7 cm³/mol. The number of aliphatic hydroxyl groups excluding tert-OH is 1. The number of hydrogen-bond acceptors (Lipinski definition) is 5. The van der Waals surface area contributed by atoms with Gasteiger partial charge in [-0.25, -0.2) is 4.98 Å². The molecule has 6 heteroatoms. The van der Waals surface area contributed by atoms with E-state index >= 15 is 0 Å². The van der Waals surface area contributed by atoms with Crippen molar-refractivity contribution < 1.29 is 19.4 Å². The van der Waals surface area contributed by atoms with Gasteiger partial charge in [0.15, 0.2) is 0 Å². The third-order valence-electron chi connectivity index (χ3n) is 3.90. The molecule has 0 bridgehead atoms. The Kier molecular flexibility index (Phi) is 4.16. The molecule has 0 saturated carbocycles. The summed E-state index contributed by atoms with van der Waals surface area (Å²) in [7, 11) is 1.46. The van der Waals surface area contributed by atoms with E-state index in [-0.39, 0.29) is 25.0 Å². The van der Waals surface area contributed by atoms with Gasteiger partial charge in [-0.1, -0.05) is 18.2 Å². The molecule has 2 N–H and O–H groups in total. The Bertz CT molecular complexity index is 719. The fourth-order valence-electron chi connectivity index (χ4n) is 2.68. The van der Waals surface area contributed by atoms with Crippen LogP contribution in [0.25, 0.3) is 0 Å². The highest BCUT2D eigenvalue weighted by molar-refractivity contribution is 5.96. The van der Waals surface area contributed by atoms with E-state index in [1.54, 1.807) is 18.3 Å². The van der Waals surface area contributed by atoms with Gasteiger partial charge in [-0.05, 0) is 23.8 Å². The van der Waals surface area contributed by atoms with Crippen LogP contribution in [0, 0.1) is 0 Å². The van der Waals surface area contributed by atoms with Gasteiger partial charge < -0.3 is 19.9 Å². The van der Waals surface area contributed by atoms with E-state index in [4.69, 9.17) is 9.47 Å². The molecular formula is C17H18N2O4. The average molecular weight is 314 g/mol. The zero-order valence-electron chi connectivity index (χ0n) is 12.8. The van der Waals surface area contributed by atoms with Gasteiger partial charge in [0.05, 0.1) is 13.7 Å². The lowest BCUT2D eigenvalue weighted by Crippen LogP contribution is -2.58. The number of nitrogens with one attached hydrogen (secondary N) is 1. The second-order valence-electron chi connectivity index (χ2n) is 5.53. The first-order valence-electron chi connectivity index (χ1n) is 7.30. The first kappa shape index (κ1) is 15.3. The number of carbonyl (C=O) groups is 1. The van der Waals surface area contributed by atoms with Crippen LogP contribution in [-0.2, 0) is 6.42 Å². The van der Waals surface area contributed by atoms with Gasteiger partial charge in [-0.3, -0.25) is 4.79 Å². The third kappa shape index (κ3) is 2.98. The van der Waals surface area contributed by atoms with Gasteiger partial charge in [-0.2, -0.15) is 0 Å². The molecule has 23 heavy (non-hydrogen) atoms. The van der Waals surface area contributed by atoms with Crippen molar-refractivity contribution in [2.75, 3.05) is 20.3 Å². The molecule has 2 aromatic rings. The summed E-state index contributed by atoms with van der Waals surface area (Å²) < 4.78 is 10.8.